The van der Waals surface area contributed by atoms with Crippen LogP contribution >= 0.6 is 0 Å². The van der Waals surface area contributed by atoms with Gasteiger partial charge < -0.3 is 0 Å². The van der Waals surface area contributed by atoms with Crippen LogP contribution in [0.2, 0.25) is 0 Å². The standard InChI is InChI=1S/C11H15F2NO2S/c1-2-8-17(15,16)14-7-6-9-4-3-5-10(12)11(9)13/h3-5,14H,2,6-8H2,1H3. The zero-order chi connectivity index (χ0) is 12.9. The van der Waals surface area contributed by atoms with Crippen LogP contribution in [0.1, 0.15) is 18.9 Å². The summed E-state index contributed by atoms with van der Waals surface area (Å²) in [7, 11) is -3.29. The normalized spacial score (nSPS) is 11.7. The van der Waals surface area contributed by atoms with E-state index >= 15 is 0 Å². The monoisotopic (exact) mass is 263 g/mol. The topological polar surface area (TPSA) is 46.2 Å². The molecule has 0 saturated heterocycles. The number of benzene rings is 1. The molecule has 0 aliphatic heterocycles. The van der Waals surface area contributed by atoms with Crippen LogP contribution in [0.4, 0.5) is 8.78 Å². The van der Waals surface area contributed by atoms with Crippen molar-refractivity contribution in [1.29, 1.82) is 0 Å². The lowest BCUT2D eigenvalue weighted by Crippen LogP contribution is -2.28. The van der Waals surface area contributed by atoms with Crippen molar-refractivity contribution in [1.82, 2.24) is 4.72 Å². The van der Waals surface area contributed by atoms with Crippen molar-refractivity contribution < 1.29 is 17.2 Å². The summed E-state index contributed by atoms with van der Waals surface area (Å²) in [4.78, 5) is 0. The van der Waals surface area contributed by atoms with Gasteiger partial charge in [-0.05, 0) is 24.5 Å². The molecule has 0 heterocycles. The highest BCUT2D eigenvalue weighted by molar-refractivity contribution is 7.89. The molecule has 0 radical (unpaired) electrons. The predicted octanol–water partition coefficient (Wildman–Crippen LogP) is 1.84. The van der Waals surface area contributed by atoms with Crippen LogP contribution in [0.25, 0.3) is 0 Å². The van der Waals surface area contributed by atoms with Gasteiger partial charge in [-0.2, -0.15) is 0 Å². The molecule has 0 aromatic heterocycles. The lowest BCUT2D eigenvalue weighted by molar-refractivity contribution is 0.498. The predicted molar refractivity (Wildman–Crippen MR) is 62.1 cm³/mol. The Labute approximate surface area is 99.9 Å². The molecular formula is C11H15F2NO2S. The summed E-state index contributed by atoms with van der Waals surface area (Å²) < 4.78 is 51.0. The average Bonchev–Trinajstić information content (AvgIpc) is 2.24. The van der Waals surface area contributed by atoms with E-state index in [1.807, 2.05) is 0 Å². The van der Waals surface area contributed by atoms with Gasteiger partial charge in [0.1, 0.15) is 0 Å². The summed E-state index contributed by atoms with van der Waals surface area (Å²) in [5, 5.41) is 0. The highest BCUT2D eigenvalue weighted by Gasteiger charge is 2.10. The summed E-state index contributed by atoms with van der Waals surface area (Å²) >= 11 is 0. The van der Waals surface area contributed by atoms with E-state index in [0.29, 0.717) is 6.42 Å². The van der Waals surface area contributed by atoms with E-state index in [-0.39, 0.29) is 24.3 Å². The van der Waals surface area contributed by atoms with Gasteiger partial charge >= 0.3 is 0 Å². The van der Waals surface area contributed by atoms with Crippen molar-refractivity contribution in [2.24, 2.45) is 0 Å². The third-order valence-corrected chi connectivity index (χ3v) is 3.81. The Bertz CT molecular complexity index is 474. The quantitative estimate of drug-likeness (QED) is 0.851. The molecule has 0 unspecified atom stereocenters. The molecular weight excluding hydrogens is 248 g/mol. The van der Waals surface area contributed by atoms with Crippen molar-refractivity contribution in [3.05, 3.63) is 35.4 Å². The minimum Gasteiger partial charge on any atom is -0.215 e. The van der Waals surface area contributed by atoms with Gasteiger partial charge in [0.2, 0.25) is 10.0 Å². The summed E-state index contributed by atoms with van der Waals surface area (Å²) in [5.74, 6) is -1.79. The molecule has 0 amide bonds. The second-order valence-corrected chi connectivity index (χ2v) is 5.60. The van der Waals surface area contributed by atoms with Gasteiger partial charge in [0.15, 0.2) is 11.6 Å². The zero-order valence-electron chi connectivity index (χ0n) is 9.54. The summed E-state index contributed by atoms with van der Waals surface area (Å²) in [5.41, 5.74) is 0.171. The van der Waals surface area contributed by atoms with E-state index in [1.165, 1.54) is 12.1 Å². The average molecular weight is 263 g/mol. The molecule has 0 spiro atoms. The molecule has 17 heavy (non-hydrogen) atoms. The number of sulfonamides is 1. The molecule has 96 valence electrons. The van der Waals surface area contributed by atoms with Crippen LogP contribution in [0, 0.1) is 11.6 Å². The summed E-state index contributed by atoms with van der Waals surface area (Å²) in [6.07, 6.45) is 0.649. The molecule has 6 heteroatoms. The molecule has 1 aromatic rings. The Morgan fingerprint density at radius 3 is 2.65 bits per heavy atom. The fourth-order valence-corrected chi connectivity index (χ4v) is 2.52. The molecule has 3 nitrogen and oxygen atoms in total. The third-order valence-electron chi connectivity index (χ3n) is 2.22. The number of hydrogen-bond acceptors (Lipinski definition) is 2. The van der Waals surface area contributed by atoms with Crippen molar-refractivity contribution in [2.75, 3.05) is 12.3 Å². The summed E-state index contributed by atoms with van der Waals surface area (Å²) in [6, 6.07) is 3.86. The molecule has 0 atom stereocenters. The number of hydrogen-bond donors (Lipinski definition) is 1. The van der Waals surface area contributed by atoms with E-state index < -0.39 is 21.7 Å². The number of nitrogens with one attached hydrogen (secondary N) is 1. The first-order valence-electron chi connectivity index (χ1n) is 5.36. The molecule has 0 saturated carbocycles. The first-order chi connectivity index (χ1) is 7.96. The first kappa shape index (κ1) is 14.1. The van der Waals surface area contributed by atoms with E-state index in [9.17, 15) is 17.2 Å². The SMILES string of the molecule is CCCS(=O)(=O)NCCc1cccc(F)c1F. The molecule has 0 aliphatic rings. The minimum atomic E-state index is -3.29. The Kier molecular flexibility index (Phi) is 5.02. The Balaban J connectivity index is 2.55. The lowest BCUT2D eigenvalue weighted by atomic mass is 10.1. The van der Waals surface area contributed by atoms with Crippen LogP contribution in [0.15, 0.2) is 18.2 Å². The molecule has 1 aromatic carbocycles. The molecule has 1 rings (SSSR count). The molecule has 0 bridgehead atoms. The largest absolute Gasteiger partial charge is 0.215 e. The van der Waals surface area contributed by atoms with Crippen LogP contribution in [0.3, 0.4) is 0 Å². The van der Waals surface area contributed by atoms with Gasteiger partial charge in [-0.25, -0.2) is 21.9 Å². The van der Waals surface area contributed by atoms with E-state index in [1.54, 1.807) is 6.92 Å². The van der Waals surface area contributed by atoms with Crippen molar-refractivity contribution >= 4 is 10.0 Å². The van der Waals surface area contributed by atoms with Gasteiger partial charge in [0.25, 0.3) is 0 Å². The lowest BCUT2D eigenvalue weighted by Gasteiger charge is -2.06. The van der Waals surface area contributed by atoms with Crippen LogP contribution in [-0.2, 0) is 16.4 Å². The maximum atomic E-state index is 13.2. The van der Waals surface area contributed by atoms with Crippen molar-refractivity contribution in [2.45, 2.75) is 19.8 Å². The highest BCUT2D eigenvalue weighted by atomic mass is 32.2. The Morgan fingerprint density at radius 2 is 2.00 bits per heavy atom. The number of halogens is 2. The second-order valence-electron chi connectivity index (χ2n) is 3.68. The molecule has 0 aliphatic carbocycles. The van der Waals surface area contributed by atoms with Crippen LogP contribution < -0.4 is 4.72 Å². The number of rotatable bonds is 6. The maximum Gasteiger partial charge on any atom is 0.211 e. The maximum absolute atomic E-state index is 13.2. The van der Waals surface area contributed by atoms with E-state index in [0.717, 1.165) is 6.07 Å². The van der Waals surface area contributed by atoms with Gasteiger partial charge in [0.05, 0.1) is 5.75 Å². The second kappa shape index (κ2) is 6.07. The van der Waals surface area contributed by atoms with Gasteiger partial charge in [-0.3, -0.25) is 0 Å². The van der Waals surface area contributed by atoms with Crippen molar-refractivity contribution in [3.8, 4) is 0 Å². The molecule has 0 fully saturated rings. The smallest absolute Gasteiger partial charge is 0.211 e. The minimum absolute atomic E-state index is 0.0403. The van der Waals surface area contributed by atoms with Crippen LogP contribution in [0.5, 0.6) is 0 Å². The highest BCUT2D eigenvalue weighted by Crippen LogP contribution is 2.11. The van der Waals surface area contributed by atoms with Gasteiger partial charge in [-0.1, -0.05) is 19.1 Å². The zero-order valence-corrected chi connectivity index (χ0v) is 10.4. The fraction of sp³-hybridized carbons (Fsp3) is 0.455. The van der Waals surface area contributed by atoms with Crippen LogP contribution in [-0.4, -0.2) is 20.7 Å². The fourth-order valence-electron chi connectivity index (χ4n) is 1.42. The van der Waals surface area contributed by atoms with E-state index in [2.05, 4.69) is 4.72 Å². The van der Waals surface area contributed by atoms with Crippen molar-refractivity contribution in [3.63, 3.8) is 0 Å². The van der Waals surface area contributed by atoms with E-state index in [4.69, 9.17) is 0 Å². The first-order valence-corrected chi connectivity index (χ1v) is 7.01. The Morgan fingerprint density at radius 1 is 1.29 bits per heavy atom. The van der Waals surface area contributed by atoms with Gasteiger partial charge in [0, 0.05) is 6.54 Å². The Hall–Kier alpha value is -1.01. The molecule has 1 N–H and O–H groups in total. The summed E-state index contributed by atoms with van der Waals surface area (Å²) in [6.45, 7) is 1.83. The van der Waals surface area contributed by atoms with Gasteiger partial charge in [-0.15, -0.1) is 0 Å². The third kappa shape index (κ3) is 4.40.